The van der Waals surface area contributed by atoms with Crippen LogP contribution in [0.25, 0.3) is 0 Å². The summed E-state index contributed by atoms with van der Waals surface area (Å²) in [5.41, 5.74) is 0.907. The minimum atomic E-state index is -0.271. The predicted octanol–water partition coefficient (Wildman–Crippen LogP) is 4.63. The number of hydrogen-bond acceptors (Lipinski definition) is 4. The van der Waals surface area contributed by atoms with E-state index in [2.05, 4.69) is 46.9 Å². The summed E-state index contributed by atoms with van der Waals surface area (Å²) in [6.45, 7) is 14.1. The quantitative estimate of drug-likeness (QED) is 0.597. The van der Waals surface area contributed by atoms with Crippen LogP contribution in [0, 0.1) is 0 Å². The summed E-state index contributed by atoms with van der Waals surface area (Å²) in [5.74, 6) is -0.569. The number of nitrogens with one attached hydrogen (secondary N) is 1. The fourth-order valence-electron chi connectivity index (χ4n) is 5.37. The first-order valence-electron chi connectivity index (χ1n) is 12.1. The average Bonchev–Trinajstić information content (AvgIpc) is 2.95. The van der Waals surface area contributed by atoms with Crippen molar-refractivity contribution >= 4 is 17.7 Å². The molecule has 0 atom stereocenters. The fourth-order valence-corrected chi connectivity index (χ4v) is 5.37. The summed E-state index contributed by atoms with van der Waals surface area (Å²) >= 11 is 0. The zero-order chi connectivity index (χ0) is 23.7. The topological polar surface area (TPSA) is 69.7 Å². The van der Waals surface area contributed by atoms with Gasteiger partial charge in [-0.1, -0.05) is 26.7 Å². The van der Waals surface area contributed by atoms with Crippen LogP contribution in [0.1, 0.15) is 111 Å². The first kappa shape index (κ1) is 24.4. The number of carbonyl (C=O) groups is 3. The lowest BCUT2D eigenvalue weighted by molar-refractivity contribution is 0.0412. The van der Waals surface area contributed by atoms with Gasteiger partial charge in [0.25, 0.3) is 17.7 Å². The van der Waals surface area contributed by atoms with Crippen molar-refractivity contribution in [2.45, 2.75) is 97.2 Å². The highest BCUT2D eigenvalue weighted by molar-refractivity contribution is 6.22. The molecule has 32 heavy (non-hydrogen) atoms. The van der Waals surface area contributed by atoms with E-state index in [9.17, 15) is 14.4 Å². The van der Waals surface area contributed by atoms with Crippen molar-refractivity contribution in [3.8, 4) is 0 Å². The lowest BCUT2D eigenvalue weighted by Crippen LogP contribution is -2.62. The Morgan fingerprint density at radius 3 is 2.03 bits per heavy atom. The minimum absolute atomic E-state index is 0.0578. The van der Waals surface area contributed by atoms with Crippen molar-refractivity contribution in [3.05, 3.63) is 34.9 Å². The van der Waals surface area contributed by atoms with Crippen LogP contribution < -0.4 is 5.32 Å². The second kappa shape index (κ2) is 9.34. The highest BCUT2D eigenvalue weighted by Crippen LogP contribution is 2.36. The van der Waals surface area contributed by atoms with E-state index < -0.39 is 0 Å². The number of fused-ring (bicyclic) bond motifs is 1. The molecule has 0 aliphatic carbocycles. The second-order valence-electron chi connectivity index (χ2n) is 10.7. The Balaban J connectivity index is 1.86. The summed E-state index contributed by atoms with van der Waals surface area (Å²) < 4.78 is 0. The Bertz CT molecular complexity index is 866. The average molecular weight is 442 g/mol. The number of hydrogen-bond donors (Lipinski definition) is 1. The molecule has 0 aromatic heterocycles. The van der Waals surface area contributed by atoms with Gasteiger partial charge in [0.1, 0.15) is 0 Å². The number of amides is 3. The minimum Gasteiger partial charge on any atom is -0.339 e. The Hall–Kier alpha value is -2.21. The van der Waals surface area contributed by atoms with Crippen LogP contribution in [0.4, 0.5) is 0 Å². The first-order valence-corrected chi connectivity index (χ1v) is 12.1. The molecule has 1 aromatic carbocycles. The van der Waals surface area contributed by atoms with E-state index in [4.69, 9.17) is 0 Å². The number of carbonyl (C=O) groups excluding carboxylic acids is 3. The van der Waals surface area contributed by atoms with Gasteiger partial charge in [0.2, 0.25) is 0 Å². The van der Waals surface area contributed by atoms with Gasteiger partial charge >= 0.3 is 0 Å². The normalized spacial score (nSPS) is 19.9. The van der Waals surface area contributed by atoms with E-state index in [0.29, 0.717) is 42.6 Å². The molecule has 0 unspecified atom stereocenters. The zero-order valence-corrected chi connectivity index (χ0v) is 20.6. The van der Waals surface area contributed by atoms with Crippen LogP contribution in [-0.4, -0.2) is 57.7 Å². The Labute approximate surface area is 192 Å². The smallest absolute Gasteiger partial charge is 0.261 e. The molecule has 3 rings (SSSR count). The number of nitrogens with zero attached hydrogens (tertiary/aromatic N) is 2. The van der Waals surface area contributed by atoms with Crippen molar-refractivity contribution in [2.24, 2.45) is 0 Å². The van der Waals surface area contributed by atoms with E-state index >= 15 is 0 Å². The highest BCUT2D eigenvalue weighted by Gasteiger charge is 2.47. The van der Waals surface area contributed by atoms with Gasteiger partial charge in [0, 0.05) is 35.8 Å². The molecule has 2 aliphatic heterocycles. The van der Waals surface area contributed by atoms with Crippen LogP contribution in [0.3, 0.4) is 0 Å². The van der Waals surface area contributed by atoms with Gasteiger partial charge in [-0.05, 0) is 71.6 Å². The number of benzene rings is 1. The van der Waals surface area contributed by atoms with Gasteiger partial charge < -0.3 is 10.2 Å². The third-order valence-electron chi connectivity index (χ3n) is 6.55. The molecule has 2 heterocycles. The highest BCUT2D eigenvalue weighted by atomic mass is 16.2. The van der Waals surface area contributed by atoms with Crippen LogP contribution >= 0.6 is 0 Å². The molecule has 2 aliphatic rings. The molecule has 176 valence electrons. The Morgan fingerprint density at radius 1 is 0.969 bits per heavy atom. The third-order valence-corrected chi connectivity index (χ3v) is 6.55. The summed E-state index contributed by atoms with van der Waals surface area (Å²) in [7, 11) is 0. The van der Waals surface area contributed by atoms with Crippen molar-refractivity contribution < 1.29 is 14.4 Å². The lowest BCUT2D eigenvalue weighted by Gasteiger charge is -2.48. The monoisotopic (exact) mass is 441 g/mol. The number of imide groups is 1. The van der Waals surface area contributed by atoms with Crippen LogP contribution in [0.2, 0.25) is 0 Å². The van der Waals surface area contributed by atoms with Gasteiger partial charge in [-0.3, -0.25) is 19.3 Å². The Morgan fingerprint density at radius 2 is 1.50 bits per heavy atom. The zero-order valence-electron chi connectivity index (χ0n) is 20.6. The Kier molecular flexibility index (Phi) is 7.13. The van der Waals surface area contributed by atoms with Crippen molar-refractivity contribution in [1.29, 1.82) is 0 Å². The maximum Gasteiger partial charge on any atom is 0.261 e. The largest absolute Gasteiger partial charge is 0.339 e. The van der Waals surface area contributed by atoms with E-state index in [1.54, 1.807) is 18.2 Å². The van der Waals surface area contributed by atoms with Crippen LogP contribution in [0.15, 0.2) is 18.2 Å². The van der Waals surface area contributed by atoms with Gasteiger partial charge in [-0.25, -0.2) is 0 Å². The molecule has 1 fully saturated rings. The second-order valence-corrected chi connectivity index (χ2v) is 10.7. The summed E-state index contributed by atoms with van der Waals surface area (Å²) in [6, 6.07) is 4.84. The first-order chi connectivity index (χ1) is 15.0. The molecular formula is C26H39N3O3. The molecule has 1 aromatic rings. The summed E-state index contributed by atoms with van der Waals surface area (Å²) in [5, 5.41) is 3.61. The number of piperidine rings is 1. The summed E-state index contributed by atoms with van der Waals surface area (Å²) in [6.07, 6.45) is 5.35. The molecule has 6 nitrogen and oxygen atoms in total. The number of unbranched alkanes of at least 4 members (excludes halogenated alkanes) is 2. The van der Waals surface area contributed by atoms with Gasteiger partial charge in [0.15, 0.2) is 0 Å². The van der Waals surface area contributed by atoms with Crippen LogP contribution in [-0.2, 0) is 0 Å². The molecular weight excluding hydrogens is 402 g/mol. The molecule has 0 radical (unpaired) electrons. The van der Waals surface area contributed by atoms with Crippen molar-refractivity contribution in [1.82, 2.24) is 15.1 Å². The molecule has 0 spiro atoms. The van der Waals surface area contributed by atoms with E-state index in [-0.39, 0.29) is 34.8 Å². The van der Waals surface area contributed by atoms with Crippen LogP contribution in [0.5, 0.6) is 0 Å². The van der Waals surface area contributed by atoms with E-state index in [1.165, 1.54) is 4.90 Å². The maximum absolute atomic E-state index is 13.4. The predicted molar refractivity (Wildman–Crippen MR) is 127 cm³/mol. The van der Waals surface area contributed by atoms with Crippen molar-refractivity contribution in [2.75, 3.05) is 13.1 Å². The maximum atomic E-state index is 13.4. The van der Waals surface area contributed by atoms with E-state index in [0.717, 1.165) is 25.7 Å². The molecule has 3 amide bonds. The third kappa shape index (κ3) is 5.06. The molecule has 6 heteroatoms. The van der Waals surface area contributed by atoms with Gasteiger partial charge in [-0.2, -0.15) is 0 Å². The molecule has 0 bridgehead atoms. The molecule has 1 saturated heterocycles. The van der Waals surface area contributed by atoms with E-state index in [1.807, 2.05) is 4.90 Å². The van der Waals surface area contributed by atoms with Gasteiger partial charge in [0.05, 0.1) is 11.1 Å². The summed E-state index contributed by atoms with van der Waals surface area (Å²) in [4.78, 5) is 43.1. The number of rotatable bonds is 8. The standard InChI is InChI=1S/C26H39N3O3/c1-7-9-13-28(14-10-8-2)22(30)18-11-12-20-21(15-18)24(32)29(23(20)31)19-16-25(3,4)27-26(5,6)17-19/h11-12,15,19,27H,7-10,13-14,16-17H2,1-6H3. The fraction of sp³-hybridized carbons (Fsp3) is 0.654. The lowest BCUT2D eigenvalue weighted by atomic mass is 9.79. The van der Waals surface area contributed by atoms with Crippen molar-refractivity contribution in [3.63, 3.8) is 0 Å². The molecule has 1 N–H and O–H groups in total. The SMILES string of the molecule is CCCCN(CCCC)C(=O)c1ccc2c(c1)C(=O)N(C1CC(C)(C)NC(C)(C)C1)C2=O. The molecule has 0 saturated carbocycles. The van der Waals surface area contributed by atoms with Gasteiger partial charge in [-0.15, -0.1) is 0 Å².